The van der Waals surface area contributed by atoms with Crippen LogP contribution in [0.25, 0.3) is 0 Å². The van der Waals surface area contributed by atoms with Crippen LogP contribution in [-0.2, 0) is 0 Å². The van der Waals surface area contributed by atoms with Crippen molar-refractivity contribution in [3.05, 3.63) is 59.4 Å². The van der Waals surface area contributed by atoms with Gasteiger partial charge in [0.2, 0.25) is 0 Å². The molecule has 1 saturated carbocycles. The molecule has 4 heteroatoms. The van der Waals surface area contributed by atoms with Crippen LogP contribution in [-0.4, -0.2) is 24.9 Å². The second-order valence-corrected chi connectivity index (χ2v) is 7.20. The number of benzene rings is 2. The van der Waals surface area contributed by atoms with E-state index in [1.165, 1.54) is 61.1 Å². The summed E-state index contributed by atoms with van der Waals surface area (Å²) in [5, 5.41) is 0. The lowest BCUT2D eigenvalue weighted by molar-refractivity contribution is 0.0827. The molecule has 1 aliphatic carbocycles. The molecule has 0 spiro atoms. The maximum Gasteiger partial charge on any atom is 0.253 e. The third-order valence-corrected chi connectivity index (χ3v) is 5.02. The quantitative estimate of drug-likeness (QED) is 0.653. The van der Waals surface area contributed by atoms with Gasteiger partial charge in [0.05, 0.1) is 0 Å². The van der Waals surface area contributed by atoms with Crippen molar-refractivity contribution in [1.82, 2.24) is 4.90 Å². The molecule has 1 aliphatic rings. The fraction of sp³-hybridized carbons (Fsp3) is 0.409. The Kier molecular flexibility index (Phi) is 5.92. The number of ether oxygens (including phenoxy) is 1. The van der Waals surface area contributed by atoms with Gasteiger partial charge in [0.25, 0.3) is 5.91 Å². The van der Waals surface area contributed by atoms with Gasteiger partial charge in [0.15, 0.2) is 11.6 Å². The van der Waals surface area contributed by atoms with Crippen molar-refractivity contribution in [2.45, 2.75) is 44.4 Å². The molecule has 2 aromatic carbocycles. The fourth-order valence-corrected chi connectivity index (χ4v) is 3.52. The molecule has 1 fully saturated rings. The fourth-order valence-electron chi connectivity index (χ4n) is 3.52. The summed E-state index contributed by atoms with van der Waals surface area (Å²) in [4.78, 5) is 13.3. The van der Waals surface area contributed by atoms with Gasteiger partial charge in [0, 0.05) is 19.7 Å². The molecule has 3 nitrogen and oxygen atoms in total. The van der Waals surface area contributed by atoms with Crippen LogP contribution in [0.4, 0.5) is 4.39 Å². The summed E-state index contributed by atoms with van der Waals surface area (Å²) in [5.74, 6) is 0.587. The van der Waals surface area contributed by atoms with Gasteiger partial charge in [0.1, 0.15) is 5.75 Å². The summed E-state index contributed by atoms with van der Waals surface area (Å²) in [6.07, 6.45) is 7.76. The predicted molar refractivity (Wildman–Crippen MR) is 101 cm³/mol. The Balaban J connectivity index is 1.70. The van der Waals surface area contributed by atoms with Crippen LogP contribution in [0.15, 0.2) is 42.5 Å². The molecular weight excluding hydrogens is 329 g/mol. The van der Waals surface area contributed by atoms with E-state index in [1.807, 2.05) is 12.1 Å². The SMILES string of the molecule is CN(C)C(=O)c1ccc(Oc2ccc(C3CCCCCC3)cc2)c(F)c1. The highest BCUT2D eigenvalue weighted by molar-refractivity contribution is 5.94. The van der Waals surface area contributed by atoms with E-state index in [0.29, 0.717) is 17.2 Å². The van der Waals surface area contributed by atoms with Crippen molar-refractivity contribution in [2.24, 2.45) is 0 Å². The van der Waals surface area contributed by atoms with Gasteiger partial charge in [-0.05, 0) is 54.7 Å². The van der Waals surface area contributed by atoms with Gasteiger partial charge >= 0.3 is 0 Å². The predicted octanol–water partition coefficient (Wildman–Crippen LogP) is 5.76. The van der Waals surface area contributed by atoms with Crippen LogP contribution in [0.5, 0.6) is 11.5 Å². The minimum absolute atomic E-state index is 0.127. The lowest BCUT2D eigenvalue weighted by Crippen LogP contribution is -2.21. The molecule has 0 bridgehead atoms. The van der Waals surface area contributed by atoms with E-state index in [0.717, 1.165) is 0 Å². The highest BCUT2D eigenvalue weighted by atomic mass is 19.1. The van der Waals surface area contributed by atoms with E-state index in [9.17, 15) is 9.18 Å². The molecule has 0 heterocycles. The second kappa shape index (κ2) is 8.35. The molecule has 0 unspecified atom stereocenters. The summed E-state index contributed by atoms with van der Waals surface area (Å²) < 4.78 is 20.0. The van der Waals surface area contributed by atoms with Crippen LogP contribution in [0.3, 0.4) is 0 Å². The van der Waals surface area contributed by atoms with Crippen molar-refractivity contribution in [2.75, 3.05) is 14.1 Å². The molecule has 138 valence electrons. The Labute approximate surface area is 154 Å². The third-order valence-electron chi connectivity index (χ3n) is 5.02. The van der Waals surface area contributed by atoms with Crippen molar-refractivity contribution in [3.8, 4) is 11.5 Å². The minimum Gasteiger partial charge on any atom is -0.454 e. The molecule has 3 rings (SSSR count). The maximum atomic E-state index is 14.3. The first-order chi connectivity index (χ1) is 12.5. The molecule has 0 N–H and O–H groups in total. The van der Waals surface area contributed by atoms with Gasteiger partial charge < -0.3 is 9.64 Å². The summed E-state index contributed by atoms with van der Waals surface area (Å²) >= 11 is 0. The average molecular weight is 355 g/mol. The second-order valence-electron chi connectivity index (χ2n) is 7.20. The van der Waals surface area contributed by atoms with Crippen molar-refractivity contribution in [1.29, 1.82) is 0 Å². The molecule has 0 aliphatic heterocycles. The summed E-state index contributed by atoms with van der Waals surface area (Å²) in [7, 11) is 3.28. The normalized spacial score (nSPS) is 15.3. The van der Waals surface area contributed by atoms with Crippen LogP contribution >= 0.6 is 0 Å². The first-order valence-corrected chi connectivity index (χ1v) is 9.33. The van der Waals surface area contributed by atoms with Crippen LogP contribution < -0.4 is 4.74 Å². The van der Waals surface area contributed by atoms with Crippen LogP contribution in [0.1, 0.15) is 60.4 Å². The minimum atomic E-state index is -0.537. The van der Waals surface area contributed by atoms with E-state index in [4.69, 9.17) is 4.74 Å². The van der Waals surface area contributed by atoms with E-state index in [1.54, 1.807) is 20.2 Å². The molecule has 26 heavy (non-hydrogen) atoms. The maximum absolute atomic E-state index is 14.3. The topological polar surface area (TPSA) is 29.5 Å². The Hall–Kier alpha value is -2.36. The van der Waals surface area contributed by atoms with E-state index in [-0.39, 0.29) is 11.7 Å². The molecule has 0 radical (unpaired) electrons. The molecule has 1 amide bonds. The molecule has 0 saturated heterocycles. The van der Waals surface area contributed by atoms with Crippen molar-refractivity contribution < 1.29 is 13.9 Å². The number of carbonyl (C=O) groups excluding carboxylic acids is 1. The summed E-state index contributed by atoms with van der Waals surface area (Å²) in [6.45, 7) is 0. The number of amides is 1. The van der Waals surface area contributed by atoms with Gasteiger partial charge in [-0.25, -0.2) is 4.39 Å². The van der Waals surface area contributed by atoms with E-state index in [2.05, 4.69) is 12.1 Å². The Morgan fingerprint density at radius 3 is 2.23 bits per heavy atom. The highest BCUT2D eigenvalue weighted by Crippen LogP contribution is 2.33. The zero-order valence-corrected chi connectivity index (χ0v) is 15.5. The molecule has 0 aromatic heterocycles. The molecule has 0 atom stereocenters. The Morgan fingerprint density at radius 1 is 1.00 bits per heavy atom. The standard InChI is InChI=1S/C22H26FNO2/c1-24(2)22(25)18-11-14-21(20(23)15-18)26-19-12-9-17(10-13-19)16-7-5-3-4-6-8-16/h9-16H,3-8H2,1-2H3. The van der Waals surface area contributed by atoms with E-state index >= 15 is 0 Å². The van der Waals surface area contributed by atoms with Gasteiger partial charge in [-0.15, -0.1) is 0 Å². The first-order valence-electron chi connectivity index (χ1n) is 9.33. The van der Waals surface area contributed by atoms with E-state index < -0.39 is 5.82 Å². The van der Waals surface area contributed by atoms with Gasteiger partial charge in [-0.1, -0.05) is 37.8 Å². The highest BCUT2D eigenvalue weighted by Gasteiger charge is 2.15. The van der Waals surface area contributed by atoms with Crippen molar-refractivity contribution >= 4 is 5.91 Å². The van der Waals surface area contributed by atoms with Crippen LogP contribution in [0.2, 0.25) is 0 Å². The molecule has 2 aromatic rings. The smallest absolute Gasteiger partial charge is 0.253 e. The first kappa shape index (κ1) is 18.4. The number of hydrogen-bond donors (Lipinski definition) is 0. The largest absolute Gasteiger partial charge is 0.454 e. The number of hydrogen-bond acceptors (Lipinski definition) is 2. The van der Waals surface area contributed by atoms with Gasteiger partial charge in [-0.2, -0.15) is 0 Å². The number of nitrogens with zero attached hydrogens (tertiary/aromatic N) is 1. The third kappa shape index (κ3) is 4.43. The Morgan fingerprint density at radius 2 is 1.65 bits per heavy atom. The number of carbonyl (C=O) groups is 1. The van der Waals surface area contributed by atoms with Crippen molar-refractivity contribution in [3.63, 3.8) is 0 Å². The lowest BCUT2D eigenvalue weighted by Gasteiger charge is -2.15. The monoisotopic (exact) mass is 355 g/mol. The zero-order valence-electron chi connectivity index (χ0n) is 15.5. The number of halogens is 1. The van der Waals surface area contributed by atoms with Gasteiger partial charge in [-0.3, -0.25) is 4.79 Å². The number of rotatable bonds is 4. The zero-order chi connectivity index (χ0) is 18.5. The molecular formula is C22H26FNO2. The average Bonchev–Trinajstić information content (AvgIpc) is 2.93. The Bertz CT molecular complexity index is 747. The lowest BCUT2D eigenvalue weighted by atomic mass is 9.92. The summed E-state index contributed by atoms with van der Waals surface area (Å²) in [5.41, 5.74) is 1.65. The van der Waals surface area contributed by atoms with Crippen LogP contribution in [0, 0.1) is 5.82 Å². The summed E-state index contributed by atoms with van der Waals surface area (Å²) in [6, 6.07) is 12.3.